The van der Waals surface area contributed by atoms with E-state index >= 15 is 0 Å². The number of benzene rings is 2. The van der Waals surface area contributed by atoms with Gasteiger partial charge in [0.25, 0.3) is 0 Å². The summed E-state index contributed by atoms with van der Waals surface area (Å²) in [4.78, 5) is 25.4. The van der Waals surface area contributed by atoms with Crippen LogP contribution in [0.15, 0.2) is 48.5 Å². The van der Waals surface area contributed by atoms with Crippen LogP contribution in [0.2, 0.25) is 0 Å². The number of anilines is 3. The number of carbonyl (C=O) groups is 2. The van der Waals surface area contributed by atoms with E-state index in [1.165, 1.54) is 4.90 Å². The Morgan fingerprint density at radius 3 is 2.43 bits per heavy atom. The Morgan fingerprint density at radius 1 is 1.10 bits per heavy atom. The van der Waals surface area contributed by atoms with Crippen molar-refractivity contribution in [2.45, 2.75) is 6.92 Å². The van der Waals surface area contributed by atoms with Crippen molar-refractivity contribution in [3.8, 4) is 0 Å². The van der Waals surface area contributed by atoms with Gasteiger partial charge in [-0.1, -0.05) is 24.3 Å². The molecule has 2 aromatic carbocycles. The number of para-hydroxylation sites is 1. The number of amides is 2. The monoisotopic (exact) mass is 283 g/mol. The van der Waals surface area contributed by atoms with Crippen LogP contribution in [-0.2, 0) is 9.59 Å². The number of nitrogens with one attached hydrogen (secondary N) is 1. The Morgan fingerprint density at radius 2 is 1.76 bits per heavy atom. The quantitative estimate of drug-likeness (QED) is 0.655. The number of hydrogen-bond donors (Lipinski definition) is 2. The highest BCUT2D eigenvalue weighted by molar-refractivity contribution is 6.44. The van der Waals surface area contributed by atoms with Gasteiger partial charge < -0.3 is 16.0 Å². The van der Waals surface area contributed by atoms with E-state index in [0.717, 1.165) is 5.56 Å². The SMILES string of the molecule is Cc1ccc(N)c(NC(=O)C(=O)N(C)c2ccccc2)c1. The van der Waals surface area contributed by atoms with Crippen molar-refractivity contribution in [3.63, 3.8) is 0 Å². The molecule has 0 spiro atoms. The van der Waals surface area contributed by atoms with Crippen LogP contribution in [0.3, 0.4) is 0 Å². The molecule has 2 amide bonds. The van der Waals surface area contributed by atoms with Gasteiger partial charge in [0, 0.05) is 12.7 Å². The lowest BCUT2D eigenvalue weighted by molar-refractivity contribution is -0.134. The van der Waals surface area contributed by atoms with Crippen LogP contribution < -0.4 is 16.0 Å². The summed E-state index contributed by atoms with van der Waals surface area (Å²) >= 11 is 0. The van der Waals surface area contributed by atoms with E-state index < -0.39 is 11.8 Å². The third-order valence-corrected chi connectivity index (χ3v) is 3.10. The summed E-state index contributed by atoms with van der Waals surface area (Å²) in [6.07, 6.45) is 0. The lowest BCUT2D eigenvalue weighted by Crippen LogP contribution is -2.37. The number of rotatable bonds is 2. The zero-order chi connectivity index (χ0) is 15.4. The van der Waals surface area contributed by atoms with Gasteiger partial charge in [-0.15, -0.1) is 0 Å². The van der Waals surface area contributed by atoms with Crippen molar-refractivity contribution in [2.75, 3.05) is 23.0 Å². The number of carbonyl (C=O) groups excluding carboxylic acids is 2. The third kappa shape index (κ3) is 3.39. The van der Waals surface area contributed by atoms with Crippen molar-refractivity contribution in [3.05, 3.63) is 54.1 Å². The second-order valence-corrected chi connectivity index (χ2v) is 4.74. The van der Waals surface area contributed by atoms with Gasteiger partial charge in [-0.3, -0.25) is 9.59 Å². The highest BCUT2D eigenvalue weighted by atomic mass is 16.2. The van der Waals surface area contributed by atoms with Crippen molar-refractivity contribution < 1.29 is 9.59 Å². The molecule has 0 atom stereocenters. The van der Waals surface area contributed by atoms with Crippen molar-refractivity contribution in [1.29, 1.82) is 0 Å². The summed E-state index contributed by atoms with van der Waals surface area (Å²) in [5, 5.41) is 2.55. The molecule has 5 heteroatoms. The van der Waals surface area contributed by atoms with Gasteiger partial charge in [0.1, 0.15) is 0 Å². The van der Waals surface area contributed by atoms with E-state index in [2.05, 4.69) is 5.32 Å². The lowest BCUT2D eigenvalue weighted by Gasteiger charge is -2.17. The maximum atomic E-state index is 12.1. The van der Waals surface area contributed by atoms with Crippen molar-refractivity contribution >= 4 is 28.9 Å². The van der Waals surface area contributed by atoms with Crippen LogP contribution in [0.4, 0.5) is 17.1 Å². The molecule has 21 heavy (non-hydrogen) atoms. The number of nitrogens with two attached hydrogens (primary N) is 1. The number of aryl methyl sites for hydroxylation is 1. The number of hydrogen-bond acceptors (Lipinski definition) is 3. The first kappa shape index (κ1) is 14.6. The number of nitrogen functional groups attached to an aromatic ring is 1. The van der Waals surface area contributed by atoms with Gasteiger partial charge in [0.15, 0.2) is 0 Å². The minimum absolute atomic E-state index is 0.420. The van der Waals surface area contributed by atoms with E-state index in [-0.39, 0.29) is 0 Å². The van der Waals surface area contributed by atoms with E-state index in [0.29, 0.717) is 17.1 Å². The normalized spacial score (nSPS) is 10.0. The largest absolute Gasteiger partial charge is 0.397 e. The molecule has 0 fully saturated rings. The minimum atomic E-state index is -0.723. The molecule has 3 N–H and O–H groups in total. The Balaban J connectivity index is 2.13. The standard InChI is InChI=1S/C16H17N3O2/c1-11-8-9-13(17)14(10-11)18-15(20)16(21)19(2)12-6-4-3-5-7-12/h3-10H,17H2,1-2H3,(H,18,20). The van der Waals surface area contributed by atoms with Crippen LogP contribution in [0.25, 0.3) is 0 Å². The molecule has 0 radical (unpaired) electrons. The molecule has 0 heterocycles. The molecule has 2 aromatic rings. The third-order valence-electron chi connectivity index (χ3n) is 3.10. The fourth-order valence-electron chi connectivity index (χ4n) is 1.88. The van der Waals surface area contributed by atoms with Crippen LogP contribution in [0, 0.1) is 6.92 Å². The van der Waals surface area contributed by atoms with Gasteiger partial charge in [-0.2, -0.15) is 0 Å². The molecule has 0 aliphatic rings. The first-order valence-corrected chi connectivity index (χ1v) is 6.49. The maximum absolute atomic E-state index is 12.1. The van der Waals surface area contributed by atoms with Crippen LogP contribution in [0.5, 0.6) is 0 Å². The fourth-order valence-corrected chi connectivity index (χ4v) is 1.88. The summed E-state index contributed by atoms with van der Waals surface area (Å²) in [7, 11) is 1.55. The second-order valence-electron chi connectivity index (χ2n) is 4.74. The molecule has 0 saturated carbocycles. The number of nitrogens with zero attached hydrogens (tertiary/aromatic N) is 1. The Bertz CT molecular complexity index is 668. The number of likely N-dealkylation sites (N-methyl/N-ethyl adjacent to an activating group) is 1. The summed E-state index contributed by atoms with van der Waals surface area (Å²) in [6.45, 7) is 1.88. The first-order chi connectivity index (χ1) is 9.99. The zero-order valence-electron chi connectivity index (χ0n) is 12.0. The van der Waals surface area contributed by atoms with E-state index in [1.54, 1.807) is 43.4 Å². The molecular weight excluding hydrogens is 266 g/mol. The molecule has 108 valence electrons. The van der Waals surface area contributed by atoms with Crippen LogP contribution >= 0.6 is 0 Å². The Labute approximate surface area is 123 Å². The molecule has 0 aliphatic carbocycles. The average molecular weight is 283 g/mol. The smallest absolute Gasteiger partial charge is 0.316 e. The van der Waals surface area contributed by atoms with Crippen molar-refractivity contribution in [1.82, 2.24) is 0 Å². The Kier molecular flexibility index (Phi) is 4.23. The van der Waals surface area contributed by atoms with Gasteiger partial charge >= 0.3 is 11.8 Å². The highest BCUT2D eigenvalue weighted by Crippen LogP contribution is 2.20. The van der Waals surface area contributed by atoms with Crippen LogP contribution in [0.1, 0.15) is 5.56 Å². The van der Waals surface area contributed by atoms with E-state index in [9.17, 15) is 9.59 Å². The molecule has 5 nitrogen and oxygen atoms in total. The van der Waals surface area contributed by atoms with Crippen molar-refractivity contribution in [2.24, 2.45) is 0 Å². The molecule has 0 bridgehead atoms. The summed E-state index contributed by atoms with van der Waals surface area (Å²) < 4.78 is 0. The highest BCUT2D eigenvalue weighted by Gasteiger charge is 2.20. The fraction of sp³-hybridized carbons (Fsp3) is 0.125. The molecule has 0 saturated heterocycles. The molecular formula is C16H17N3O2. The van der Waals surface area contributed by atoms with Gasteiger partial charge in [-0.05, 0) is 36.8 Å². The lowest BCUT2D eigenvalue weighted by atomic mass is 10.2. The van der Waals surface area contributed by atoms with E-state index in [1.807, 2.05) is 19.1 Å². The van der Waals surface area contributed by atoms with Gasteiger partial charge in [0.05, 0.1) is 11.4 Å². The molecule has 2 rings (SSSR count). The minimum Gasteiger partial charge on any atom is -0.397 e. The second kappa shape index (κ2) is 6.09. The first-order valence-electron chi connectivity index (χ1n) is 6.49. The van der Waals surface area contributed by atoms with Crippen LogP contribution in [-0.4, -0.2) is 18.9 Å². The summed E-state index contributed by atoms with van der Waals surface area (Å²) in [5.74, 6) is -1.37. The van der Waals surface area contributed by atoms with E-state index in [4.69, 9.17) is 5.73 Å². The topological polar surface area (TPSA) is 75.4 Å². The Hall–Kier alpha value is -2.82. The van der Waals surface area contributed by atoms with Gasteiger partial charge in [0.2, 0.25) is 0 Å². The molecule has 0 aliphatic heterocycles. The molecule has 0 unspecified atom stereocenters. The zero-order valence-corrected chi connectivity index (χ0v) is 12.0. The summed E-state index contributed by atoms with van der Waals surface area (Å²) in [6, 6.07) is 14.2. The molecule has 0 aromatic heterocycles. The predicted octanol–water partition coefficient (Wildman–Crippen LogP) is 2.18. The average Bonchev–Trinajstić information content (AvgIpc) is 2.50. The van der Waals surface area contributed by atoms with Gasteiger partial charge in [-0.25, -0.2) is 0 Å². The predicted molar refractivity (Wildman–Crippen MR) is 84.1 cm³/mol. The maximum Gasteiger partial charge on any atom is 0.316 e. The summed E-state index contributed by atoms with van der Waals surface area (Å²) in [5.41, 5.74) is 8.24.